The number of benzene rings is 2. The first-order valence-corrected chi connectivity index (χ1v) is 7.78. The van der Waals surface area contributed by atoms with Crippen LogP contribution < -0.4 is 5.32 Å². The van der Waals surface area contributed by atoms with Gasteiger partial charge in [-0.3, -0.25) is 0 Å². The number of aliphatic hydroxyl groups excluding tert-OH is 1. The summed E-state index contributed by atoms with van der Waals surface area (Å²) in [7, 11) is 0. The zero-order chi connectivity index (χ0) is 16.9. The molecule has 1 heterocycles. The lowest BCUT2D eigenvalue weighted by Gasteiger charge is -2.12. The molecule has 1 aromatic heterocycles. The summed E-state index contributed by atoms with van der Waals surface area (Å²) in [5.74, 6) is 0.149. The quantitative estimate of drug-likeness (QED) is 0.726. The van der Waals surface area contributed by atoms with Gasteiger partial charge < -0.3 is 14.8 Å². The Hall–Kier alpha value is -2.50. The van der Waals surface area contributed by atoms with Gasteiger partial charge in [0.25, 0.3) is 0 Å². The van der Waals surface area contributed by atoms with Crippen molar-refractivity contribution in [2.24, 2.45) is 0 Å². The smallest absolute Gasteiger partial charge is 0.226 e. The molecule has 0 bridgehead atoms. The fourth-order valence-corrected chi connectivity index (χ4v) is 2.41. The topological polar surface area (TPSA) is 58.3 Å². The van der Waals surface area contributed by atoms with E-state index in [9.17, 15) is 9.50 Å². The Kier molecular flexibility index (Phi) is 5.03. The third-order valence-electron chi connectivity index (χ3n) is 3.76. The average Bonchev–Trinajstić information content (AvgIpc) is 3.04. The van der Waals surface area contributed by atoms with Gasteiger partial charge in [0.05, 0.1) is 11.8 Å². The van der Waals surface area contributed by atoms with Crippen LogP contribution in [0.15, 0.2) is 59.2 Å². The van der Waals surface area contributed by atoms with Crippen LogP contribution in [0.5, 0.6) is 0 Å². The number of hydrogen-bond acceptors (Lipinski definition) is 4. The molecule has 24 heavy (non-hydrogen) atoms. The zero-order valence-electron chi connectivity index (χ0n) is 13.4. The van der Waals surface area contributed by atoms with Crippen LogP contribution in [-0.2, 0) is 6.54 Å². The van der Waals surface area contributed by atoms with Crippen LogP contribution in [0.3, 0.4) is 0 Å². The molecule has 2 aromatic carbocycles. The van der Waals surface area contributed by atoms with E-state index in [-0.39, 0.29) is 12.1 Å². The molecule has 4 nitrogen and oxygen atoms in total. The summed E-state index contributed by atoms with van der Waals surface area (Å²) in [5, 5.41) is 13.1. The predicted molar refractivity (Wildman–Crippen MR) is 89.7 cm³/mol. The largest absolute Gasteiger partial charge is 0.444 e. The second kappa shape index (κ2) is 7.38. The van der Waals surface area contributed by atoms with Crippen molar-refractivity contribution in [3.63, 3.8) is 0 Å². The third-order valence-corrected chi connectivity index (χ3v) is 3.76. The van der Waals surface area contributed by atoms with Crippen LogP contribution in [-0.4, -0.2) is 16.6 Å². The molecule has 0 aliphatic carbocycles. The first kappa shape index (κ1) is 16.4. The van der Waals surface area contributed by atoms with Crippen molar-refractivity contribution in [2.45, 2.75) is 19.6 Å². The molecule has 3 aromatic rings. The number of hydrogen-bond donors (Lipinski definition) is 2. The van der Waals surface area contributed by atoms with Gasteiger partial charge in [-0.1, -0.05) is 35.9 Å². The highest BCUT2D eigenvalue weighted by Gasteiger charge is 2.12. The standard InChI is InChI=1S/C19H19FN2O2/c1-13-6-8-14(9-7-13)19-22-15(12-24-19)10-21-11-18(23)16-4-2-3-5-17(16)20/h2-9,12,18,21,23H,10-11H2,1H3. The Bertz CT molecular complexity index is 799. The molecule has 0 amide bonds. The molecule has 1 unspecified atom stereocenters. The first-order valence-electron chi connectivity index (χ1n) is 7.78. The fourth-order valence-electron chi connectivity index (χ4n) is 2.41. The minimum atomic E-state index is -0.908. The zero-order valence-corrected chi connectivity index (χ0v) is 13.4. The van der Waals surface area contributed by atoms with Crippen LogP contribution in [0.25, 0.3) is 11.5 Å². The molecule has 0 saturated heterocycles. The van der Waals surface area contributed by atoms with Gasteiger partial charge in [-0.25, -0.2) is 9.37 Å². The summed E-state index contributed by atoms with van der Waals surface area (Å²) in [6.07, 6.45) is 0.673. The minimum absolute atomic E-state index is 0.230. The summed E-state index contributed by atoms with van der Waals surface area (Å²) in [6, 6.07) is 14.1. The van der Waals surface area contributed by atoms with Crippen LogP contribution in [0.4, 0.5) is 4.39 Å². The summed E-state index contributed by atoms with van der Waals surface area (Å²) < 4.78 is 19.1. The lowest BCUT2D eigenvalue weighted by molar-refractivity contribution is 0.169. The maximum Gasteiger partial charge on any atom is 0.226 e. The van der Waals surface area contributed by atoms with Crippen LogP contribution in [0.1, 0.15) is 22.9 Å². The Balaban J connectivity index is 1.56. The number of aryl methyl sites for hydroxylation is 1. The monoisotopic (exact) mass is 326 g/mol. The molecule has 2 N–H and O–H groups in total. The molecule has 3 rings (SSSR count). The van der Waals surface area contributed by atoms with E-state index in [1.165, 1.54) is 11.6 Å². The van der Waals surface area contributed by atoms with Crippen molar-refractivity contribution in [1.29, 1.82) is 0 Å². The van der Waals surface area contributed by atoms with E-state index in [0.29, 0.717) is 12.4 Å². The van der Waals surface area contributed by atoms with Crippen molar-refractivity contribution in [3.8, 4) is 11.5 Å². The molecule has 0 aliphatic heterocycles. The van der Waals surface area contributed by atoms with E-state index < -0.39 is 11.9 Å². The number of oxazole rings is 1. The summed E-state index contributed by atoms with van der Waals surface area (Å²) in [5.41, 5.74) is 3.10. The van der Waals surface area contributed by atoms with E-state index in [0.717, 1.165) is 11.3 Å². The van der Waals surface area contributed by atoms with E-state index in [1.54, 1.807) is 24.5 Å². The van der Waals surface area contributed by atoms with Gasteiger partial charge in [0.1, 0.15) is 12.1 Å². The predicted octanol–water partition coefficient (Wildman–Crippen LogP) is 3.61. The number of aliphatic hydroxyl groups is 1. The van der Waals surface area contributed by atoms with Crippen LogP contribution >= 0.6 is 0 Å². The molecule has 0 aliphatic rings. The molecule has 1 atom stereocenters. The van der Waals surface area contributed by atoms with Crippen LogP contribution in [0.2, 0.25) is 0 Å². The van der Waals surface area contributed by atoms with E-state index in [4.69, 9.17) is 4.42 Å². The highest BCUT2D eigenvalue weighted by molar-refractivity contribution is 5.53. The van der Waals surface area contributed by atoms with E-state index in [2.05, 4.69) is 10.3 Å². The van der Waals surface area contributed by atoms with Gasteiger partial charge in [-0.05, 0) is 25.1 Å². The average molecular weight is 326 g/mol. The molecule has 0 saturated carbocycles. The second-order valence-electron chi connectivity index (χ2n) is 5.68. The van der Waals surface area contributed by atoms with Gasteiger partial charge in [-0.15, -0.1) is 0 Å². The normalized spacial score (nSPS) is 12.3. The molecule has 124 valence electrons. The highest BCUT2D eigenvalue weighted by atomic mass is 19.1. The van der Waals surface area contributed by atoms with E-state index in [1.807, 2.05) is 31.2 Å². The van der Waals surface area contributed by atoms with Gasteiger partial charge in [0.2, 0.25) is 5.89 Å². The summed E-state index contributed by atoms with van der Waals surface area (Å²) in [4.78, 5) is 4.41. The molecule has 0 fully saturated rings. The summed E-state index contributed by atoms with van der Waals surface area (Å²) >= 11 is 0. The molecule has 0 radical (unpaired) electrons. The lowest BCUT2D eigenvalue weighted by Crippen LogP contribution is -2.21. The first-order chi connectivity index (χ1) is 11.6. The second-order valence-corrected chi connectivity index (χ2v) is 5.68. The Morgan fingerprint density at radius 2 is 1.92 bits per heavy atom. The van der Waals surface area contributed by atoms with Crippen molar-refractivity contribution >= 4 is 0 Å². The Morgan fingerprint density at radius 3 is 2.67 bits per heavy atom. The molecular weight excluding hydrogens is 307 g/mol. The van der Waals surface area contributed by atoms with Gasteiger partial charge in [0.15, 0.2) is 0 Å². The SMILES string of the molecule is Cc1ccc(-c2nc(CNCC(O)c3ccccc3F)co2)cc1. The molecular formula is C19H19FN2O2. The van der Waals surface area contributed by atoms with Gasteiger partial charge >= 0.3 is 0 Å². The number of aromatic nitrogens is 1. The van der Waals surface area contributed by atoms with Gasteiger partial charge in [0, 0.05) is 24.2 Å². The van der Waals surface area contributed by atoms with E-state index >= 15 is 0 Å². The minimum Gasteiger partial charge on any atom is -0.444 e. The fraction of sp³-hybridized carbons (Fsp3) is 0.211. The highest BCUT2D eigenvalue weighted by Crippen LogP contribution is 2.19. The van der Waals surface area contributed by atoms with Crippen LogP contribution in [0, 0.1) is 12.7 Å². The van der Waals surface area contributed by atoms with Crippen molar-refractivity contribution in [2.75, 3.05) is 6.54 Å². The third kappa shape index (κ3) is 3.88. The maximum absolute atomic E-state index is 13.6. The van der Waals surface area contributed by atoms with Crippen molar-refractivity contribution in [3.05, 3.63) is 77.4 Å². The Morgan fingerprint density at radius 1 is 1.17 bits per heavy atom. The Labute approximate surface area is 140 Å². The van der Waals surface area contributed by atoms with Gasteiger partial charge in [-0.2, -0.15) is 0 Å². The summed E-state index contributed by atoms with van der Waals surface area (Å²) in [6.45, 7) is 2.68. The van der Waals surface area contributed by atoms with Crippen molar-refractivity contribution < 1.29 is 13.9 Å². The maximum atomic E-state index is 13.6. The number of rotatable bonds is 6. The molecule has 5 heteroatoms. The van der Waals surface area contributed by atoms with Crippen molar-refractivity contribution in [1.82, 2.24) is 10.3 Å². The molecule has 0 spiro atoms. The lowest BCUT2D eigenvalue weighted by atomic mass is 10.1. The number of nitrogens with zero attached hydrogens (tertiary/aromatic N) is 1. The number of halogens is 1. The number of nitrogens with one attached hydrogen (secondary N) is 1.